The summed E-state index contributed by atoms with van der Waals surface area (Å²) < 4.78 is 0. The number of hydrogen-bond acceptors (Lipinski definition) is 3. The van der Waals surface area contributed by atoms with Gasteiger partial charge in [-0.15, -0.1) is 0 Å². The standard InChI is InChI=1S/C14H22N4O3/c1-4-14(12(19)20)5-7-18(8-6-14)13(21)15-11-9(2)16-17-10(11)3/h4-8H2,1-3H3,(H,15,21)(H,16,17)(H,19,20). The van der Waals surface area contributed by atoms with Gasteiger partial charge in [-0.1, -0.05) is 6.92 Å². The van der Waals surface area contributed by atoms with Crippen LogP contribution in [-0.2, 0) is 4.79 Å². The molecule has 2 rings (SSSR count). The molecule has 0 aromatic carbocycles. The van der Waals surface area contributed by atoms with Gasteiger partial charge in [-0.05, 0) is 33.1 Å². The van der Waals surface area contributed by atoms with Crippen molar-refractivity contribution in [1.29, 1.82) is 0 Å². The third-order valence-corrected chi connectivity index (χ3v) is 4.50. The Hall–Kier alpha value is -2.05. The van der Waals surface area contributed by atoms with Crippen LogP contribution in [0.3, 0.4) is 0 Å². The van der Waals surface area contributed by atoms with Crippen molar-refractivity contribution in [3.63, 3.8) is 0 Å². The van der Waals surface area contributed by atoms with E-state index in [1.165, 1.54) is 0 Å². The first-order valence-corrected chi connectivity index (χ1v) is 7.20. The minimum absolute atomic E-state index is 0.197. The summed E-state index contributed by atoms with van der Waals surface area (Å²) >= 11 is 0. The maximum atomic E-state index is 12.3. The number of anilines is 1. The third-order valence-electron chi connectivity index (χ3n) is 4.50. The Balaban J connectivity index is 1.99. The highest BCUT2D eigenvalue weighted by Gasteiger charge is 2.40. The fourth-order valence-electron chi connectivity index (χ4n) is 2.78. The molecule has 7 heteroatoms. The summed E-state index contributed by atoms with van der Waals surface area (Å²) in [5, 5.41) is 19.1. The monoisotopic (exact) mass is 294 g/mol. The fourth-order valence-corrected chi connectivity index (χ4v) is 2.78. The molecule has 7 nitrogen and oxygen atoms in total. The van der Waals surface area contributed by atoms with Crippen molar-refractivity contribution < 1.29 is 14.7 Å². The lowest BCUT2D eigenvalue weighted by atomic mass is 9.76. The summed E-state index contributed by atoms with van der Waals surface area (Å²) in [5.41, 5.74) is 1.57. The summed E-state index contributed by atoms with van der Waals surface area (Å²) in [7, 11) is 0. The molecule has 0 radical (unpaired) electrons. The van der Waals surface area contributed by atoms with Crippen LogP contribution in [0, 0.1) is 19.3 Å². The highest BCUT2D eigenvalue weighted by molar-refractivity contribution is 5.90. The topological polar surface area (TPSA) is 98.3 Å². The van der Waals surface area contributed by atoms with Crippen LogP contribution >= 0.6 is 0 Å². The molecule has 0 atom stereocenters. The smallest absolute Gasteiger partial charge is 0.321 e. The van der Waals surface area contributed by atoms with Gasteiger partial charge < -0.3 is 15.3 Å². The minimum atomic E-state index is -0.758. The molecule has 1 saturated heterocycles. The first kappa shape index (κ1) is 15.3. The number of piperidine rings is 1. The molecular weight excluding hydrogens is 272 g/mol. The lowest BCUT2D eigenvalue weighted by Crippen LogP contribution is -2.47. The van der Waals surface area contributed by atoms with Crippen LogP contribution in [0.5, 0.6) is 0 Å². The number of urea groups is 1. The Bertz CT molecular complexity index is 525. The number of aliphatic carboxylic acids is 1. The van der Waals surface area contributed by atoms with E-state index in [-0.39, 0.29) is 6.03 Å². The second-order valence-electron chi connectivity index (χ2n) is 5.67. The predicted octanol–water partition coefficient (Wildman–Crippen LogP) is 2.14. The maximum Gasteiger partial charge on any atom is 0.321 e. The molecule has 116 valence electrons. The van der Waals surface area contributed by atoms with Gasteiger partial charge in [0.2, 0.25) is 0 Å². The van der Waals surface area contributed by atoms with E-state index in [2.05, 4.69) is 15.5 Å². The number of nitrogens with zero attached hydrogens (tertiary/aromatic N) is 2. The zero-order valence-electron chi connectivity index (χ0n) is 12.7. The van der Waals surface area contributed by atoms with Crippen molar-refractivity contribution in [3.05, 3.63) is 11.4 Å². The molecule has 0 spiro atoms. The van der Waals surface area contributed by atoms with Crippen molar-refractivity contribution in [2.75, 3.05) is 18.4 Å². The third kappa shape index (κ3) is 2.86. The Morgan fingerprint density at radius 2 is 2.00 bits per heavy atom. The van der Waals surface area contributed by atoms with E-state index in [0.29, 0.717) is 38.0 Å². The van der Waals surface area contributed by atoms with Crippen molar-refractivity contribution >= 4 is 17.7 Å². The normalized spacial score (nSPS) is 17.6. The summed E-state index contributed by atoms with van der Waals surface area (Å²) in [5.74, 6) is -0.758. The van der Waals surface area contributed by atoms with Gasteiger partial charge in [0.15, 0.2) is 0 Å². The highest BCUT2D eigenvalue weighted by Crippen LogP contribution is 2.35. The summed E-state index contributed by atoms with van der Waals surface area (Å²) in [4.78, 5) is 25.3. The predicted molar refractivity (Wildman–Crippen MR) is 78.2 cm³/mol. The van der Waals surface area contributed by atoms with Crippen molar-refractivity contribution in [2.24, 2.45) is 5.41 Å². The summed E-state index contributed by atoms with van der Waals surface area (Å²) in [6.45, 7) is 6.48. The Labute approximate surface area is 123 Å². The SMILES string of the molecule is CCC1(C(=O)O)CCN(C(=O)Nc2c(C)n[nH]c2C)CC1. The van der Waals surface area contributed by atoms with Crippen LogP contribution in [0.1, 0.15) is 37.6 Å². The van der Waals surface area contributed by atoms with E-state index in [1.54, 1.807) is 4.90 Å². The molecular formula is C14H22N4O3. The number of amides is 2. The Morgan fingerprint density at radius 1 is 1.38 bits per heavy atom. The van der Waals surface area contributed by atoms with Crippen LogP contribution in [0.4, 0.5) is 10.5 Å². The molecule has 0 saturated carbocycles. The molecule has 0 unspecified atom stereocenters. The molecule has 0 aliphatic carbocycles. The van der Waals surface area contributed by atoms with Crippen LogP contribution < -0.4 is 5.32 Å². The van der Waals surface area contributed by atoms with Crippen LogP contribution in [0.25, 0.3) is 0 Å². The molecule has 1 aromatic rings. The molecule has 0 bridgehead atoms. The number of rotatable bonds is 3. The number of carboxylic acid groups (broad SMARTS) is 1. The number of nitrogens with one attached hydrogen (secondary N) is 2. The van der Waals surface area contributed by atoms with E-state index in [1.807, 2.05) is 20.8 Å². The highest BCUT2D eigenvalue weighted by atomic mass is 16.4. The molecule has 2 amide bonds. The van der Waals surface area contributed by atoms with Crippen LogP contribution in [-0.4, -0.2) is 45.3 Å². The van der Waals surface area contributed by atoms with E-state index in [0.717, 1.165) is 11.4 Å². The van der Waals surface area contributed by atoms with Gasteiger partial charge in [0.05, 0.1) is 22.5 Å². The van der Waals surface area contributed by atoms with Gasteiger partial charge in [0, 0.05) is 13.1 Å². The van der Waals surface area contributed by atoms with Gasteiger partial charge in [-0.25, -0.2) is 4.79 Å². The first-order chi connectivity index (χ1) is 9.89. The van der Waals surface area contributed by atoms with E-state index in [4.69, 9.17) is 0 Å². The van der Waals surface area contributed by atoms with Gasteiger partial charge >= 0.3 is 12.0 Å². The molecule has 1 fully saturated rings. The van der Waals surface area contributed by atoms with Crippen molar-refractivity contribution in [3.8, 4) is 0 Å². The zero-order chi connectivity index (χ0) is 15.6. The van der Waals surface area contributed by atoms with Crippen LogP contribution in [0.15, 0.2) is 0 Å². The number of carbonyl (C=O) groups is 2. The molecule has 3 N–H and O–H groups in total. The number of H-pyrrole nitrogens is 1. The average molecular weight is 294 g/mol. The van der Waals surface area contributed by atoms with E-state index >= 15 is 0 Å². The largest absolute Gasteiger partial charge is 0.481 e. The molecule has 2 heterocycles. The minimum Gasteiger partial charge on any atom is -0.481 e. The van der Waals surface area contributed by atoms with Gasteiger partial charge in [0.25, 0.3) is 0 Å². The second-order valence-corrected chi connectivity index (χ2v) is 5.67. The number of carbonyl (C=O) groups excluding carboxylic acids is 1. The molecule has 1 aromatic heterocycles. The zero-order valence-corrected chi connectivity index (χ0v) is 12.7. The fraction of sp³-hybridized carbons (Fsp3) is 0.643. The Morgan fingerprint density at radius 3 is 2.43 bits per heavy atom. The summed E-state index contributed by atoms with van der Waals surface area (Å²) in [6.07, 6.45) is 1.59. The first-order valence-electron chi connectivity index (χ1n) is 7.20. The number of hydrogen-bond donors (Lipinski definition) is 3. The van der Waals surface area contributed by atoms with E-state index < -0.39 is 11.4 Å². The quantitative estimate of drug-likeness (QED) is 0.795. The second kappa shape index (κ2) is 5.75. The average Bonchev–Trinajstić information content (AvgIpc) is 2.79. The molecule has 1 aliphatic rings. The lowest BCUT2D eigenvalue weighted by molar-refractivity contribution is -0.151. The van der Waals surface area contributed by atoms with Gasteiger partial charge in [-0.3, -0.25) is 9.89 Å². The Kier molecular flexibility index (Phi) is 4.20. The maximum absolute atomic E-state index is 12.3. The van der Waals surface area contributed by atoms with Gasteiger partial charge in [0.1, 0.15) is 0 Å². The molecule has 21 heavy (non-hydrogen) atoms. The number of aryl methyl sites for hydroxylation is 2. The molecule has 1 aliphatic heterocycles. The number of likely N-dealkylation sites (tertiary alicyclic amines) is 1. The number of aromatic amines is 1. The van der Waals surface area contributed by atoms with Gasteiger partial charge in [-0.2, -0.15) is 5.10 Å². The van der Waals surface area contributed by atoms with Crippen molar-refractivity contribution in [1.82, 2.24) is 15.1 Å². The summed E-state index contributed by atoms with van der Waals surface area (Å²) in [6, 6.07) is -0.197. The number of aromatic nitrogens is 2. The lowest BCUT2D eigenvalue weighted by Gasteiger charge is -2.38. The number of carboxylic acids is 1. The van der Waals surface area contributed by atoms with Crippen LogP contribution in [0.2, 0.25) is 0 Å². The van der Waals surface area contributed by atoms with Crippen molar-refractivity contribution in [2.45, 2.75) is 40.0 Å². The van der Waals surface area contributed by atoms with E-state index in [9.17, 15) is 14.7 Å².